The van der Waals surface area contributed by atoms with Gasteiger partial charge in [-0.25, -0.2) is 8.42 Å². The van der Waals surface area contributed by atoms with E-state index in [1.54, 1.807) is 31.5 Å². The van der Waals surface area contributed by atoms with Crippen LogP contribution in [-0.2, 0) is 16.6 Å². The van der Waals surface area contributed by atoms with Crippen LogP contribution in [0.3, 0.4) is 0 Å². The molecule has 2 rings (SSSR count). The van der Waals surface area contributed by atoms with E-state index in [0.717, 1.165) is 5.56 Å². The molecule has 0 aliphatic carbocycles. The number of H-pyrrole nitrogens is 1. The minimum atomic E-state index is -3.81. The maximum absolute atomic E-state index is 12.5. The fourth-order valence-electron chi connectivity index (χ4n) is 1.80. The van der Waals surface area contributed by atoms with E-state index in [0.29, 0.717) is 0 Å². The van der Waals surface area contributed by atoms with Gasteiger partial charge in [0.15, 0.2) is 0 Å². The van der Waals surface area contributed by atoms with E-state index in [1.165, 1.54) is 22.8 Å². The van der Waals surface area contributed by atoms with Crippen molar-refractivity contribution in [2.75, 3.05) is 6.54 Å². The molecule has 0 atom stereocenters. The van der Waals surface area contributed by atoms with E-state index < -0.39 is 15.5 Å². The highest BCUT2D eigenvalue weighted by atomic mass is 32.2. The largest absolute Gasteiger partial charge is 0.366 e. The van der Waals surface area contributed by atoms with Gasteiger partial charge >= 0.3 is 0 Å². The van der Waals surface area contributed by atoms with Gasteiger partial charge < -0.3 is 4.98 Å². The molecular weight excluding hydrogens is 278 g/mol. The predicted molar refractivity (Wildman–Crippen MR) is 74.6 cm³/mol. The summed E-state index contributed by atoms with van der Waals surface area (Å²) in [5.74, 6) is 0. The highest BCUT2D eigenvalue weighted by molar-refractivity contribution is 7.89. The third-order valence-electron chi connectivity index (χ3n) is 2.87. The Hall–Kier alpha value is -1.99. The van der Waals surface area contributed by atoms with Crippen LogP contribution in [0.5, 0.6) is 0 Å². The minimum Gasteiger partial charge on any atom is -0.366 e. The standard InChI is InChI=1S/C13H15N3O3S/c1-2-16(10-11-3-6-14-7-4-11)20(18,19)13-9-15-8-5-12(13)17/h3-9H,2,10H2,1H3,(H,15,17). The summed E-state index contributed by atoms with van der Waals surface area (Å²) in [6, 6.07) is 4.69. The average molecular weight is 293 g/mol. The van der Waals surface area contributed by atoms with Crippen LogP contribution in [0.2, 0.25) is 0 Å². The number of hydrogen-bond donors (Lipinski definition) is 1. The third kappa shape index (κ3) is 2.94. The van der Waals surface area contributed by atoms with Gasteiger partial charge in [-0.15, -0.1) is 0 Å². The average Bonchev–Trinajstić information content (AvgIpc) is 2.46. The molecule has 2 aromatic rings. The number of aromatic nitrogens is 2. The van der Waals surface area contributed by atoms with Crippen LogP contribution in [0.15, 0.2) is 52.7 Å². The molecule has 0 fully saturated rings. The first-order chi connectivity index (χ1) is 9.55. The Morgan fingerprint density at radius 1 is 1.25 bits per heavy atom. The van der Waals surface area contributed by atoms with Crippen molar-refractivity contribution in [1.29, 1.82) is 0 Å². The van der Waals surface area contributed by atoms with E-state index in [2.05, 4.69) is 9.97 Å². The number of nitrogens with zero attached hydrogens (tertiary/aromatic N) is 2. The Balaban J connectivity index is 2.36. The predicted octanol–water partition coefficient (Wildman–Crippen LogP) is 0.981. The molecule has 0 unspecified atom stereocenters. The fraction of sp³-hybridized carbons (Fsp3) is 0.231. The lowest BCUT2D eigenvalue weighted by atomic mass is 10.3. The smallest absolute Gasteiger partial charge is 0.248 e. The van der Waals surface area contributed by atoms with E-state index in [4.69, 9.17) is 0 Å². The van der Waals surface area contributed by atoms with Crippen molar-refractivity contribution in [2.24, 2.45) is 0 Å². The van der Waals surface area contributed by atoms with Crippen molar-refractivity contribution in [3.05, 3.63) is 58.8 Å². The van der Waals surface area contributed by atoms with E-state index in [1.807, 2.05) is 0 Å². The normalized spacial score (nSPS) is 11.7. The molecule has 2 aromatic heterocycles. The number of aromatic amines is 1. The second-order valence-electron chi connectivity index (χ2n) is 4.16. The molecule has 0 spiro atoms. The first-order valence-electron chi connectivity index (χ1n) is 6.12. The highest BCUT2D eigenvalue weighted by Gasteiger charge is 2.25. The molecule has 0 aromatic carbocycles. The molecule has 0 saturated carbocycles. The SMILES string of the molecule is CCN(Cc1ccncc1)S(=O)(=O)c1c[nH]ccc1=O. The molecule has 0 bridgehead atoms. The zero-order valence-corrected chi connectivity index (χ0v) is 11.8. The maximum atomic E-state index is 12.5. The van der Waals surface area contributed by atoms with E-state index >= 15 is 0 Å². The van der Waals surface area contributed by atoms with Crippen LogP contribution >= 0.6 is 0 Å². The van der Waals surface area contributed by atoms with Crippen LogP contribution in [0.1, 0.15) is 12.5 Å². The van der Waals surface area contributed by atoms with Crippen LogP contribution in [0.25, 0.3) is 0 Å². The summed E-state index contributed by atoms with van der Waals surface area (Å²) in [5, 5.41) is 0. The van der Waals surface area contributed by atoms with E-state index in [-0.39, 0.29) is 18.0 Å². The summed E-state index contributed by atoms with van der Waals surface area (Å²) in [6.07, 6.45) is 5.82. The Morgan fingerprint density at radius 3 is 2.55 bits per heavy atom. The van der Waals surface area contributed by atoms with Crippen LogP contribution < -0.4 is 5.43 Å². The van der Waals surface area contributed by atoms with Crippen molar-refractivity contribution in [1.82, 2.24) is 14.3 Å². The Labute approximate surface area is 117 Å². The Bertz CT molecular complexity index is 726. The van der Waals surface area contributed by atoms with Gasteiger partial charge in [0.25, 0.3) is 0 Å². The fourth-order valence-corrected chi connectivity index (χ4v) is 3.28. The number of hydrogen-bond acceptors (Lipinski definition) is 4. The van der Waals surface area contributed by atoms with Crippen LogP contribution in [0.4, 0.5) is 0 Å². The van der Waals surface area contributed by atoms with Crippen LogP contribution in [-0.4, -0.2) is 29.2 Å². The molecule has 1 N–H and O–H groups in total. The lowest BCUT2D eigenvalue weighted by Crippen LogP contribution is -2.33. The van der Waals surface area contributed by atoms with Crippen molar-refractivity contribution < 1.29 is 8.42 Å². The summed E-state index contributed by atoms with van der Waals surface area (Å²) in [7, 11) is -3.81. The van der Waals surface area contributed by atoms with Crippen molar-refractivity contribution >= 4 is 10.0 Å². The zero-order chi connectivity index (χ0) is 14.6. The number of nitrogens with one attached hydrogen (secondary N) is 1. The summed E-state index contributed by atoms with van der Waals surface area (Å²) in [4.78, 5) is 18.0. The third-order valence-corrected chi connectivity index (χ3v) is 4.81. The highest BCUT2D eigenvalue weighted by Crippen LogP contribution is 2.14. The zero-order valence-electron chi connectivity index (χ0n) is 11.0. The van der Waals surface area contributed by atoms with Gasteiger partial charge in [-0.3, -0.25) is 9.78 Å². The summed E-state index contributed by atoms with van der Waals surface area (Å²) in [5.41, 5.74) is 0.301. The first kappa shape index (κ1) is 14.4. The van der Waals surface area contributed by atoms with E-state index in [9.17, 15) is 13.2 Å². The van der Waals surface area contributed by atoms with Crippen LogP contribution in [0, 0.1) is 0 Å². The quantitative estimate of drug-likeness (QED) is 0.890. The first-order valence-corrected chi connectivity index (χ1v) is 7.56. The summed E-state index contributed by atoms with van der Waals surface area (Å²) in [6.45, 7) is 2.21. The van der Waals surface area contributed by atoms with Gasteiger partial charge in [-0.05, 0) is 17.7 Å². The molecule has 0 radical (unpaired) electrons. The molecule has 106 valence electrons. The number of sulfonamides is 1. The minimum absolute atomic E-state index is 0.204. The second kappa shape index (κ2) is 5.98. The van der Waals surface area contributed by atoms with Crippen molar-refractivity contribution in [3.63, 3.8) is 0 Å². The van der Waals surface area contributed by atoms with Gasteiger partial charge in [0.2, 0.25) is 15.5 Å². The Kier molecular flexibility index (Phi) is 4.31. The number of pyridine rings is 2. The molecule has 6 nitrogen and oxygen atoms in total. The molecule has 0 saturated heterocycles. The molecule has 7 heteroatoms. The second-order valence-corrected chi connectivity index (χ2v) is 6.07. The monoisotopic (exact) mass is 293 g/mol. The Morgan fingerprint density at radius 2 is 1.95 bits per heavy atom. The lowest BCUT2D eigenvalue weighted by molar-refractivity contribution is 0.422. The van der Waals surface area contributed by atoms with Gasteiger partial charge in [0.1, 0.15) is 4.90 Å². The maximum Gasteiger partial charge on any atom is 0.248 e. The lowest BCUT2D eigenvalue weighted by Gasteiger charge is -2.19. The van der Waals surface area contributed by atoms with Gasteiger partial charge in [-0.1, -0.05) is 6.92 Å². The summed E-state index contributed by atoms with van der Waals surface area (Å²) >= 11 is 0. The molecule has 2 heterocycles. The number of rotatable bonds is 5. The molecule has 0 amide bonds. The van der Waals surface area contributed by atoms with Gasteiger partial charge in [0.05, 0.1) is 0 Å². The van der Waals surface area contributed by atoms with Gasteiger partial charge in [0, 0.05) is 43.9 Å². The van der Waals surface area contributed by atoms with Gasteiger partial charge in [-0.2, -0.15) is 4.31 Å². The topological polar surface area (TPSA) is 83.1 Å². The molecule has 0 aliphatic rings. The molecular formula is C13H15N3O3S. The van der Waals surface area contributed by atoms with Crippen molar-refractivity contribution in [3.8, 4) is 0 Å². The summed E-state index contributed by atoms with van der Waals surface area (Å²) < 4.78 is 26.2. The molecule has 20 heavy (non-hydrogen) atoms. The molecule has 0 aliphatic heterocycles. The van der Waals surface area contributed by atoms with Crippen molar-refractivity contribution in [2.45, 2.75) is 18.4 Å².